The zero-order valence-electron chi connectivity index (χ0n) is 9.97. The highest BCUT2D eigenvalue weighted by Gasteiger charge is 2.08. The Hall–Kier alpha value is -1.86. The Morgan fingerprint density at radius 1 is 1.22 bits per heavy atom. The normalized spacial score (nSPS) is 10.6. The van der Waals surface area contributed by atoms with E-state index in [0.717, 1.165) is 5.57 Å². The van der Waals surface area contributed by atoms with Crippen molar-refractivity contribution in [3.8, 4) is 0 Å². The van der Waals surface area contributed by atoms with Gasteiger partial charge in [-0.2, -0.15) is 8.42 Å². The molecule has 0 aliphatic heterocycles. The van der Waals surface area contributed by atoms with Crippen LogP contribution in [0.1, 0.15) is 13.8 Å². The number of hydrogen-bond donors (Lipinski definition) is 3. The van der Waals surface area contributed by atoms with E-state index < -0.39 is 16.1 Å². The fourth-order valence-electron chi connectivity index (χ4n) is 1.09. The lowest BCUT2D eigenvalue weighted by molar-refractivity contribution is 0.255. The van der Waals surface area contributed by atoms with Gasteiger partial charge in [0.1, 0.15) is 0 Å². The summed E-state index contributed by atoms with van der Waals surface area (Å²) in [7, 11) is -4.21. The molecule has 0 radical (unpaired) electrons. The summed E-state index contributed by atoms with van der Waals surface area (Å²) in [5, 5.41) is 5.00. The fourth-order valence-corrected chi connectivity index (χ4v) is 1.57. The second-order valence-electron chi connectivity index (χ2n) is 3.82. The molecule has 18 heavy (non-hydrogen) atoms. The monoisotopic (exact) mass is 270 g/mol. The molecule has 98 valence electrons. The number of urea groups is 1. The van der Waals surface area contributed by atoms with Crippen molar-refractivity contribution in [3.05, 3.63) is 36.0 Å². The molecule has 0 fully saturated rings. The van der Waals surface area contributed by atoms with Crippen molar-refractivity contribution in [1.29, 1.82) is 0 Å². The Labute approximate surface area is 105 Å². The summed E-state index contributed by atoms with van der Waals surface area (Å²) in [6.45, 7) is 3.67. The zero-order chi connectivity index (χ0) is 13.8. The molecule has 0 bridgehead atoms. The van der Waals surface area contributed by atoms with Crippen LogP contribution in [0.25, 0.3) is 0 Å². The Morgan fingerprint density at radius 3 is 2.22 bits per heavy atom. The van der Waals surface area contributed by atoms with E-state index in [1.165, 1.54) is 24.3 Å². The van der Waals surface area contributed by atoms with Crippen LogP contribution in [0.15, 0.2) is 40.9 Å². The van der Waals surface area contributed by atoms with E-state index in [9.17, 15) is 13.2 Å². The average molecular weight is 270 g/mol. The highest BCUT2D eigenvalue weighted by molar-refractivity contribution is 7.85. The molecule has 6 nitrogen and oxygen atoms in total. The van der Waals surface area contributed by atoms with Crippen LogP contribution in [0.3, 0.4) is 0 Å². The van der Waals surface area contributed by atoms with Gasteiger partial charge in [0.05, 0.1) is 4.90 Å². The van der Waals surface area contributed by atoms with Crippen LogP contribution in [0.5, 0.6) is 0 Å². The van der Waals surface area contributed by atoms with Crippen LogP contribution in [0, 0.1) is 0 Å². The van der Waals surface area contributed by atoms with Gasteiger partial charge in [0.15, 0.2) is 0 Å². The van der Waals surface area contributed by atoms with Crippen molar-refractivity contribution < 1.29 is 17.8 Å². The molecule has 0 saturated heterocycles. The van der Waals surface area contributed by atoms with E-state index >= 15 is 0 Å². The van der Waals surface area contributed by atoms with Gasteiger partial charge in [-0.1, -0.05) is 5.57 Å². The van der Waals surface area contributed by atoms with E-state index in [1.54, 1.807) is 6.20 Å². The molecule has 3 N–H and O–H groups in total. The second kappa shape index (κ2) is 5.65. The van der Waals surface area contributed by atoms with Gasteiger partial charge < -0.3 is 10.6 Å². The largest absolute Gasteiger partial charge is 0.323 e. The Balaban J connectivity index is 2.70. The topological polar surface area (TPSA) is 95.5 Å². The Morgan fingerprint density at radius 2 is 1.78 bits per heavy atom. The standard InChI is InChI=1S/C11H14N2O4S/c1-8(2)7-12-11(14)13-9-3-5-10(6-4-9)18(15,16)17/h3-7H,1-2H3,(H2,12,13,14)(H,15,16,17). The molecule has 1 rings (SSSR count). The first-order valence-corrected chi connectivity index (χ1v) is 6.51. The number of carbonyl (C=O) groups is 1. The molecular formula is C11H14N2O4S. The van der Waals surface area contributed by atoms with Crippen molar-refractivity contribution in [2.75, 3.05) is 5.32 Å². The first kappa shape index (κ1) is 14.2. The maximum atomic E-state index is 11.4. The summed E-state index contributed by atoms with van der Waals surface area (Å²) < 4.78 is 30.4. The Kier molecular flexibility index (Phi) is 4.46. The molecule has 1 aromatic rings. The van der Waals surface area contributed by atoms with Crippen LogP contribution in [-0.2, 0) is 10.1 Å². The number of nitrogens with one attached hydrogen (secondary N) is 2. The Bertz CT molecular complexity index is 557. The van der Waals surface area contributed by atoms with Crippen molar-refractivity contribution in [2.24, 2.45) is 0 Å². The number of carbonyl (C=O) groups excluding carboxylic acids is 1. The van der Waals surface area contributed by atoms with Gasteiger partial charge in [-0.15, -0.1) is 0 Å². The molecule has 0 aromatic heterocycles. The van der Waals surface area contributed by atoms with E-state index in [4.69, 9.17) is 4.55 Å². The lowest BCUT2D eigenvalue weighted by Gasteiger charge is -2.05. The predicted octanol–water partition coefficient (Wildman–Crippen LogP) is 1.98. The summed E-state index contributed by atoms with van der Waals surface area (Å²) in [6, 6.07) is 4.73. The second-order valence-corrected chi connectivity index (χ2v) is 5.24. The quantitative estimate of drug-likeness (QED) is 0.732. The fraction of sp³-hybridized carbons (Fsp3) is 0.182. The van der Waals surface area contributed by atoms with Gasteiger partial charge in [0.25, 0.3) is 10.1 Å². The summed E-state index contributed by atoms with van der Waals surface area (Å²) in [5.41, 5.74) is 1.36. The lowest BCUT2D eigenvalue weighted by Crippen LogP contribution is -2.24. The third kappa shape index (κ3) is 4.56. The van der Waals surface area contributed by atoms with E-state index in [1.807, 2.05) is 13.8 Å². The summed E-state index contributed by atoms with van der Waals surface area (Å²) >= 11 is 0. The van der Waals surface area contributed by atoms with Crippen LogP contribution in [0.2, 0.25) is 0 Å². The number of benzene rings is 1. The molecular weight excluding hydrogens is 256 g/mol. The maximum absolute atomic E-state index is 11.4. The minimum Gasteiger partial charge on any atom is -0.314 e. The number of amides is 2. The molecule has 2 amide bonds. The van der Waals surface area contributed by atoms with Crippen LogP contribution in [-0.4, -0.2) is 19.0 Å². The molecule has 1 aromatic carbocycles. The van der Waals surface area contributed by atoms with Crippen molar-refractivity contribution in [2.45, 2.75) is 18.7 Å². The highest BCUT2D eigenvalue weighted by atomic mass is 32.2. The van der Waals surface area contributed by atoms with Gasteiger partial charge in [-0.3, -0.25) is 4.55 Å². The maximum Gasteiger partial charge on any atom is 0.323 e. The van der Waals surface area contributed by atoms with Gasteiger partial charge in [-0.05, 0) is 38.1 Å². The van der Waals surface area contributed by atoms with E-state index in [-0.39, 0.29) is 4.90 Å². The first-order valence-electron chi connectivity index (χ1n) is 5.07. The molecule has 0 unspecified atom stereocenters. The van der Waals surface area contributed by atoms with Gasteiger partial charge in [-0.25, -0.2) is 4.79 Å². The van der Waals surface area contributed by atoms with Gasteiger partial charge in [0.2, 0.25) is 0 Å². The third-order valence-corrected chi connectivity index (χ3v) is 2.77. The molecule has 0 aliphatic rings. The minimum atomic E-state index is -4.21. The zero-order valence-corrected chi connectivity index (χ0v) is 10.8. The summed E-state index contributed by atoms with van der Waals surface area (Å²) in [4.78, 5) is 11.1. The van der Waals surface area contributed by atoms with Crippen molar-refractivity contribution in [1.82, 2.24) is 5.32 Å². The molecule has 0 atom stereocenters. The molecule has 0 heterocycles. The smallest absolute Gasteiger partial charge is 0.314 e. The molecule has 7 heteroatoms. The van der Waals surface area contributed by atoms with Gasteiger partial charge >= 0.3 is 6.03 Å². The van der Waals surface area contributed by atoms with Gasteiger partial charge in [0, 0.05) is 11.9 Å². The van der Waals surface area contributed by atoms with Crippen LogP contribution < -0.4 is 10.6 Å². The molecule has 0 aliphatic carbocycles. The lowest BCUT2D eigenvalue weighted by atomic mass is 10.3. The van der Waals surface area contributed by atoms with Crippen LogP contribution in [0.4, 0.5) is 10.5 Å². The third-order valence-electron chi connectivity index (χ3n) is 1.90. The number of rotatable bonds is 3. The SMILES string of the molecule is CC(C)=CNC(=O)Nc1ccc(S(=O)(=O)O)cc1. The van der Waals surface area contributed by atoms with Crippen molar-refractivity contribution in [3.63, 3.8) is 0 Å². The van der Waals surface area contributed by atoms with E-state index in [0.29, 0.717) is 5.69 Å². The minimum absolute atomic E-state index is 0.224. The highest BCUT2D eigenvalue weighted by Crippen LogP contribution is 2.13. The number of hydrogen-bond acceptors (Lipinski definition) is 3. The first-order chi connectivity index (χ1) is 8.29. The van der Waals surface area contributed by atoms with Crippen LogP contribution >= 0.6 is 0 Å². The number of anilines is 1. The average Bonchev–Trinajstić information content (AvgIpc) is 2.26. The number of allylic oxidation sites excluding steroid dienone is 1. The molecule has 0 spiro atoms. The van der Waals surface area contributed by atoms with Crippen molar-refractivity contribution >= 4 is 21.8 Å². The predicted molar refractivity (Wildman–Crippen MR) is 67.8 cm³/mol. The summed E-state index contributed by atoms with van der Waals surface area (Å²) in [6.07, 6.45) is 1.54. The summed E-state index contributed by atoms with van der Waals surface area (Å²) in [5.74, 6) is 0. The molecule has 0 saturated carbocycles. The van der Waals surface area contributed by atoms with E-state index in [2.05, 4.69) is 10.6 Å².